The Labute approximate surface area is 124 Å². The SMILES string of the molecule is CCOP(=O)(OCC)C(C=O)c1cc(C#N)c(C(F)(F)F)o1. The molecule has 0 spiro atoms. The number of halogens is 3. The molecular formula is C12H13F3NO5P. The number of carbonyl (C=O) groups is 1. The van der Waals surface area contributed by atoms with Crippen LogP contribution >= 0.6 is 7.60 Å². The van der Waals surface area contributed by atoms with Crippen molar-refractivity contribution in [2.75, 3.05) is 13.2 Å². The summed E-state index contributed by atoms with van der Waals surface area (Å²) >= 11 is 0. The number of hydrogen-bond acceptors (Lipinski definition) is 6. The van der Waals surface area contributed by atoms with Crippen LogP contribution in [-0.2, 0) is 24.6 Å². The predicted octanol–water partition coefficient (Wildman–Crippen LogP) is 3.68. The second-order valence-electron chi connectivity index (χ2n) is 3.96. The molecule has 0 aliphatic heterocycles. The number of alkyl halides is 3. The Balaban J connectivity index is 3.37. The van der Waals surface area contributed by atoms with E-state index in [1.807, 2.05) is 0 Å². The molecule has 0 radical (unpaired) electrons. The minimum absolute atomic E-state index is 0.0838. The average Bonchev–Trinajstić information content (AvgIpc) is 2.84. The average molecular weight is 339 g/mol. The highest BCUT2D eigenvalue weighted by molar-refractivity contribution is 7.55. The summed E-state index contributed by atoms with van der Waals surface area (Å²) in [6, 6.07) is 2.03. The van der Waals surface area contributed by atoms with Crippen molar-refractivity contribution in [3.8, 4) is 6.07 Å². The van der Waals surface area contributed by atoms with E-state index in [1.54, 1.807) is 0 Å². The molecule has 1 aromatic rings. The van der Waals surface area contributed by atoms with Gasteiger partial charge < -0.3 is 18.3 Å². The maximum absolute atomic E-state index is 12.7. The quantitative estimate of drug-likeness (QED) is 0.556. The maximum atomic E-state index is 12.7. The smallest absolute Gasteiger partial charge is 0.450 e. The first-order chi connectivity index (χ1) is 10.2. The van der Waals surface area contributed by atoms with Crippen LogP contribution in [0.4, 0.5) is 13.2 Å². The van der Waals surface area contributed by atoms with E-state index in [4.69, 9.17) is 14.3 Å². The number of carbonyl (C=O) groups excluding carboxylic acids is 1. The summed E-state index contributed by atoms with van der Waals surface area (Å²) in [5.41, 5.74) is -2.50. The van der Waals surface area contributed by atoms with Crippen molar-refractivity contribution in [3.05, 3.63) is 23.2 Å². The molecule has 22 heavy (non-hydrogen) atoms. The van der Waals surface area contributed by atoms with Gasteiger partial charge in [-0.15, -0.1) is 0 Å². The lowest BCUT2D eigenvalue weighted by molar-refractivity contribution is -0.153. The Morgan fingerprint density at radius 2 is 1.95 bits per heavy atom. The molecule has 0 N–H and O–H groups in total. The highest BCUT2D eigenvalue weighted by Crippen LogP contribution is 2.60. The number of hydrogen-bond donors (Lipinski definition) is 0. The third-order valence-electron chi connectivity index (χ3n) is 2.51. The lowest BCUT2D eigenvalue weighted by Crippen LogP contribution is -2.08. The molecular weight excluding hydrogens is 326 g/mol. The molecule has 1 heterocycles. The maximum Gasteiger partial charge on any atom is 0.450 e. The number of furan rings is 1. The molecule has 0 fully saturated rings. The second kappa shape index (κ2) is 7.09. The van der Waals surface area contributed by atoms with Crippen molar-refractivity contribution in [1.82, 2.24) is 0 Å². The van der Waals surface area contributed by atoms with Crippen molar-refractivity contribution in [3.63, 3.8) is 0 Å². The van der Waals surface area contributed by atoms with Crippen LogP contribution in [0, 0.1) is 11.3 Å². The third-order valence-corrected chi connectivity index (χ3v) is 4.80. The van der Waals surface area contributed by atoms with Gasteiger partial charge in [-0.25, -0.2) is 0 Å². The molecule has 1 unspecified atom stereocenters. The summed E-state index contributed by atoms with van der Waals surface area (Å²) < 4.78 is 65.1. The summed E-state index contributed by atoms with van der Waals surface area (Å²) in [5, 5.41) is 8.73. The zero-order valence-corrected chi connectivity index (χ0v) is 12.6. The topological polar surface area (TPSA) is 89.5 Å². The van der Waals surface area contributed by atoms with Gasteiger partial charge in [0.1, 0.15) is 23.7 Å². The number of nitriles is 1. The minimum Gasteiger partial charge on any atom is -0.454 e. The van der Waals surface area contributed by atoms with E-state index >= 15 is 0 Å². The molecule has 10 heteroatoms. The lowest BCUT2D eigenvalue weighted by Gasteiger charge is -2.20. The second-order valence-corrected chi connectivity index (χ2v) is 6.11. The van der Waals surface area contributed by atoms with Crippen molar-refractivity contribution in [1.29, 1.82) is 5.26 Å². The van der Waals surface area contributed by atoms with E-state index in [2.05, 4.69) is 4.42 Å². The first-order valence-corrected chi connectivity index (χ1v) is 7.79. The van der Waals surface area contributed by atoms with E-state index in [0.717, 1.165) is 0 Å². The summed E-state index contributed by atoms with van der Waals surface area (Å²) in [7, 11) is -4.06. The van der Waals surface area contributed by atoms with Gasteiger partial charge in [0.25, 0.3) is 0 Å². The van der Waals surface area contributed by atoms with Gasteiger partial charge in [-0.1, -0.05) is 0 Å². The molecule has 0 aromatic carbocycles. The van der Waals surface area contributed by atoms with Crippen LogP contribution in [0.1, 0.15) is 36.6 Å². The minimum atomic E-state index is -4.92. The lowest BCUT2D eigenvalue weighted by atomic mass is 10.2. The highest BCUT2D eigenvalue weighted by atomic mass is 31.2. The Morgan fingerprint density at radius 3 is 2.27 bits per heavy atom. The Bertz CT molecular complexity index is 609. The van der Waals surface area contributed by atoms with Crippen molar-refractivity contribution < 1.29 is 36.0 Å². The summed E-state index contributed by atoms with van der Waals surface area (Å²) in [6.07, 6.45) is -4.80. The Morgan fingerprint density at radius 1 is 1.41 bits per heavy atom. The molecule has 0 saturated carbocycles. The van der Waals surface area contributed by atoms with Gasteiger partial charge in [-0.05, 0) is 19.9 Å². The van der Waals surface area contributed by atoms with Gasteiger partial charge in [-0.3, -0.25) is 4.57 Å². The van der Waals surface area contributed by atoms with Gasteiger partial charge >= 0.3 is 13.8 Å². The first kappa shape index (κ1) is 18.4. The standard InChI is InChI=1S/C12H13F3NO5P/c1-3-19-22(18,20-4-2)10(7-17)9-5-8(6-16)11(21-9)12(13,14)15/h5,7,10H,3-4H2,1-2H3. The van der Waals surface area contributed by atoms with Crippen LogP contribution in [0.3, 0.4) is 0 Å². The largest absolute Gasteiger partial charge is 0.454 e. The molecule has 6 nitrogen and oxygen atoms in total. The van der Waals surface area contributed by atoms with Gasteiger partial charge in [0.2, 0.25) is 5.76 Å². The van der Waals surface area contributed by atoms with Crippen molar-refractivity contribution >= 4 is 13.9 Å². The van der Waals surface area contributed by atoms with Gasteiger partial charge in [0.05, 0.1) is 13.2 Å². The normalized spacial score (nSPS) is 13.6. The van der Waals surface area contributed by atoms with Crippen molar-refractivity contribution in [2.45, 2.75) is 25.7 Å². The monoisotopic (exact) mass is 339 g/mol. The van der Waals surface area contributed by atoms with E-state index in [9.17, 15) is 22.5 Å². The van der Waals surface area contributed by atoms with Gasteiger partial charge in [0.15, 0.2) is 5.66 Å². The molecule has 1 atom stereocenters. The summed E-state index contributed by atoms with van der Waals surface area (Å²) in [4.78, 5) is 11.2. The summed E-state index contributed by atoms with van der Waals surface area (Å²) in [5.74, 6) is -2.15. The fraction of sp³-hybridized carbons (Fsp3) is 0.500. The zero-order chi connectivity index (χ0) is 17.0. The highest BCUT2D eigenvalue weighted by Gasteiger charge is 2.44. The molecule has 0 saturated heterocycles. The molecule has 1 aromatic heterocycles. The molecule has 0 aliphatic rings. The van der Waals surface area contributed by atoms with E-state index < -0.39 is 36.5 Å². The van der Waals surface area contributed by atoms with E-state index in [1.165, 1.54) is 19.9 Å². The van der Waals surface area contributed by atoms with Crippen LogP contribution in [0.15, 0.2) is 10.5 Å². The van der Waals surface area contributed by atoms with Crippen LogP contribution in [-0.4, -0.2) is 19.5 Å². The number of nitrogens with zero attached hydrogens (tertiary/aromatic N) is 1. The fourth-order valence-corrected chi connectivity index (χ4v) is 3.41. The molecule has 0 aliphatic carbocycles. The number of aldehydes is 1. The molecule has 0 bridgehead atoms. The molecule has 1 rings (SSSR count). The van der Waals surface area contributed by atoms with E-state index in [-0.39, 0.29) is 19.5 Å². The van der Waals surface area contributed by atoms with Crippen molar-refractivity contribution in [2.24, 2.45) is 0 Å². The predicted molar refractivity (Wildman–Crippen MR) is 68.1 cm³/mol. The van der Waals surface area contributed by atoms with Gasteiger partial charge in [-0.2, -0.15) is 18.4 Å². The van der Waals surface area contributed by atoms with Crippen LogP contribution in [0.5, 0.6) is 0 Å². The molecule has 122 valence electrons. The Hall–Kier alpha value is -1.62. The van der Waals surface area contributed by atoms with E-state index in [0.29, 0.717) is 6.07 Å². The summed E-state index contributed by atoms with van der Waals surface area (Å²) in [6.45, 7) is 2.80. The zero-order valence-electron chi connectivity index (χ0n) is 11.7. The first-order valence-electron chi connectivity index (χ1n) is 6.18. The Kier molecular flexibility index (Phi) is 5.94. The van der Waals surface area contributed by atoms with Crippen LogP contribution in [0.2, 0.25) is 0 Å². The van der Waals surface area contributed by atoms with Crippen LogP contribution in [0.25, 0.3) is 0 Å². The molecule has 0 amide bonds. The third kappa shape index (κ3) is 3.77. The fourth-order valence-electron chi connectivity index (χ4n) is 1.70. The number of rotatable bonds is 7. The van der Waals surface area contributed by atoms with Gasteiger partial charge in [0, 0.05) is 0 Å². The van der Waals surface area contributed by atoms with Crippen LogP contribution < -0.4 is 0 Å².